The lowest BCUT2D eigenvalue weighted by Crippen LogP contribution is -2.26. The van der Waals surface area contributed by atoms with E-state index in [4.69, 9.17) is 16.7 Å². The lowest BCUT2D eigenvalue weighted by Gasteiger charge is -2.25. The number of rotatable bonds is 7. The lowest BCUT2D eigenvalue weighted by atomic mass is 9.88. The average Bonchev–Trinajstić information content (AvgIpc) is 2.97. The van der Waals surface area contributed by atoms with Gasteiger partial charge < -0.3 is 15.3 Å². The van der Waals surface area contributed by atoms with Crippen molar-refractivity contribution in [2.75, 3.05) is 36.5 Å². The van der Waals surface area contributed by atoms with E-state index in [0.29, 0.717) is 11.9 Å². The highest BCUT2D eigenvalue weighted by molar-refractivity contribution is 6.28. The number of halogens is 1. The summed E-state index contributed by atoms with van der Waals surface area (Å²) in [6.07, 6.45) is 4.07. The summed E-state index contributed by atoms with van der Waals surface area (Å²) in [5.74, 6) is 1.18. The molecule has 1 fully saturated rings. The molecule has 1 aliphatic heterocycles. The van der Waals surface area contributed by atoms with Crippen LogP contribution in [0.5, 0.6) is 0 Å². The van der Waals surface area contributed by atoms with Gasteiger partial charge in [-0.2, -0.15) is 15.0 Å². The molecule has 0 bridgehead atoms. The maximum Gasteiger partial charge on any atom is 0.231 e. The second-order valence-corrected chi connectivity index (χ2v) is 6.61. The Morgan fingerprint density at radius 3 is 2.62 bits per heavy atom. The van der Waals surface area contributed by atoms with Crippen molar-refractivity contribution in [3.63, 3.8) is 0 Å². The van der Waals surface area contributed by atoms with Crippen LogP contribution in [-0.2, 0) is 0 Å². The van der Waals surface area contributed by atoms with Gasteiger partial charge >= 0.3 is 0 Å². The molecule has 1 aromatic heterocycles. The zero-order valence-electron chi connectivity index (χ0n) is 12.8. The summed E-state index contributed by atoms with van der Waals surface area (Å²) in [5, 5.41) is 12.4. The monoisotopic (exact) mass is 313 g/mol. The standard InChI is InChI=1S/C14H24ClN5O/c1-14(2,6-5-9-21)10-16-12-17-11(15)18-13(19-12)20-7-3-4-8-20/h21H,3-10H2,1-2H3,(H,16,17,18,19). The molecular weight excluding hydrogens is 290 g/mol. The molecule has 1 aromatic rings. The minimum absolute atomic E-state index is 0.0651. The zero-order chi connectivity index (χ0) is 15.3. The Bertz CT molecular complexity index is 463. The first-order valence-electron chi connectivity index (χ1n) is 7.51. The molecule has 0 saturated carbocycles. The Morgan fingerprint density at radius 1 is 1.24 bits per heavy atom. The van der Waals surface area contributed by atoms with E-state index in [1.807, 2.05) is 0 Å². The predicted octanol–water partition coefficient (Wildman–Crippen LogP) is 2.34. The van der Waals surface area contributed by atoms with Gasteiger partial charge in [-0.15, -0.1) is 0 Å². The van der Waals surface area contributed by atoms with Crippen LogP contribution in [0.3, 0.4) is 0 Å². The van der Waals surface area contributed by atoms with Gasteiger partial charge in [0.15, 0.2) is 0 Å². The normalized spacial score (nSPS) is 15.5. The summed E-state index contributed by atoms with van der Waals surface area (Å²) >= 11 is 6.00. The van der Waals surface area contributed by atoms with Gasteiger partial charge in [-0.05, 0) is 42.7 Å². The smallest absolute Gasteiger partial charge is 0.231 e. The number of aliphatic hydroxyl groups is 1. The van der Waals surface area contributed by atoms with Gasteiger partial charge in [-0.1, -0.05) is 13.8 Å². The number of anilines is 2. The number of aromatic nitrogens is 3. The van der Waals surface area contributed by atoms with Crippen LogP contribution >= 0.6 is 11.6 Å². The molecule has 2 N–H and O–H groups in total. The summed E-state index contributed by atoms with van der Waals surface area (Å²) in [7, 11) is 0. The van der Waals surface area contributed by atoms with Gasteiger partial charge in [-0.3, -0.25) is 0 Å². The van der Waals surface area contributed by atoms with Gasteiger partial charge in [-0.25, -0.2) is 0 Å². The van der Waals surface area contributed by atoms with E-state index in [0.717, 1.165) is 32.5 Å². The first kappa shape index (κ1) is 16.2. The molecule has 6 nitrogen and oxygen atoms in total. The van der Waals surface area contributed by atoms with Gasteiger partial charge in [0.05, 0.1) is 0 Å². The van der Waals surface area contributed by atoms with Crippen molar-refractivity contribution in [1.29, 1.82) is 0 Å². The number of hydrogen-bond donors (Lipinski definition) is 2. The van der Waals surface area contributed by atoms with Crippen LogP contribution in [0.15, 0.2) is 0 Å². The first-order valence-corrected chi connectivity index (χ1v) is 7.89. The summed E-state index contributed by atoms with van der Waals surface area (Å²) < 4.78 is 0. The molecule has 7 heteroatoms. The van der Waals surface area contributed by atoms with Crippen molar-refractivity contribution in [3.05, 3.63) is 5.28 Å². The maximum atomic E-state index is 8.93. The van der Waals surface area contributed by atoms with E-state index in [2.05, 4.69) is 39.0 Å². The Kier molecular flexibility index (Phi) is 5.58. The summed E-state index contributed by atoms with van der Waals surface area (Å²) in [5.41, 5.74) is 0.0651. The highest BCUT2D eigenvalue weighted by atomic mass is 35.5. The molecule has 1 saturated heterocycles. The lowest BCUT2D eigenvalue weighted by molar-refractivity contribution is 0.247. The molecule has 0 amide bonds. The largest absolute Gasteiger partial charge is 0.396 e. The molecule has 0 atom stereocenters. The molecule has 2 rings (SSSR count). The number of aliphatic hydroxyl groups excluding tert-OH is 1. The second kappa shape index (κ2) is 7.22. The van der Waals surface area contributed by atoms with E-state index in [-0.39, 0.29) is 17.3 Å². The molecule has 0 spiro atoms. The topological polar surface area (TPSA) is 74.2 Å². The minimum Gasteiger partial charge on any atom is -0.396 e. The van der Waals surface area contributed by atoms with Gasteiger partial charge in [0.25, 0.3) is 0 Å². The minimum atomic E-state index is 0.0651. The van der Waals surface area contributed by atoms with Crippen molar-refractivity contribution in [1.82, 2.24) is 15.0 Å². The highest BCUT2D eigenvalue weighted by Crippen LogP contribution is 2.23. The van der Waals surface area contributed by atoms with Crippen LogP contribution in [0.4, 0.5) is 11.9 Å². The Hall–Kier alpha value is -1.14. The third-order valence-electron chi connectivity index (χ3n) is 3.72. The SMILES string of the molecule is CC(C)(CCCO)CNc1nc(Cl)nc(N2CCCC2)n1. The zero-order valence-corrected chi connectivity index (χ0v) is 13.5. The van der Waals surface area contributed by atoms with Crippen molar-refractivity contribution in [2.45, 2.75) is 39.5 Å². The van der Waals surface area contributed by atoms with Crippen LogP contribution < -0.4 is 10.2 Å². The van der Waals surface area contributed by atoms with Crippen molar-refractivity contribution in [2.24, 2.45) is 5.41 Å². The van der Waals surface area contributed by atoms with Gasteiger partial charge in [0.2, 0.25) is 17.2 Å². The van der Waals surface area contributed by atoms with Crippen molar-refractivity contribution < 1.29 is 5.11 Å². The van der Waals surface area contributed by atoms with Crippen LogP contribution in [0.1, 0.15) is 39.5 Å². The van der Waals surface area contributed by atoms with Crippen LogP contribution in [0.2, 0.25) is 5.28 Å². The quantitative estimate of drug-likeness (QED) is 0.805. The Balaban J connectivity index is 1.99. The summed E-state index contributed by atoms with van der Waals surface area (Å²) in [6.45, 7) is 7.20. The van der Waals surface area contributed by atoms with Crippen LogP contribution in [-0.4, -0.2) is 46.3 Å². The molecule has 0 aromatic carbocycles. The molecular formula is C14H24ClN5O. The van der Waals surface area contributed by atoms with Crippen LogP contribution in [0, 0.1) is 5.41 Å². The van der Waals surface area contributed by atoms with Crippen molar-refractivity contribution in [3.8, 4) is 0 Å². The van der Waals surface area contributed by atoms with Crippen molar-refractivity contribution >= 4 is 23.5 Å². The van der Waals surface area contributed by atoms with E-state index in [1.165, 1.54) is 12.8 Å². The van der Waals surface area contributed by atoms with Gasteiger partial charge in [0, 0.05) is 26.2 Å². The summed E-state index contributed by atoms with van der Waals surface area (Å²) in [6, 6.07) is 0. The molecule has 0 aliphatic carbocycles. The van der Waals surface area contributed by atoms with Gasteiger partial charge in [0.1, 0.15) is 0 Å². The third kappa shape index (κ3) is 4.97. The van der Waals surface area contributed by atoms with E-state index >= 15 is 0 Å². The molecule has 2 heterocycles. The molecule has 0 radical (unpaired) electrons. The Morgan fingerprint density at radius 2 is 1.95 bits per heavy atom. The fourth-order valence-electron chi connectivity index (χ4n) is 2.44. The first-order chi connectivity index (χ1) is 10.00. The second-order valence-electron chi connectivity index (χ2n) is 6.27. The fourth-order valence-corrected chi connectivity index (χ4v) is 2.60. The maximum absolute atomic E-state index is 8.93. The molecule has 118 valence electrons. The predicted molar refractivity (Wildman–Crippen MR) is 84.9 cm³/mol. The summed E-state index contributed by atoms with van der Waals surface area (Å²) in [4.78, 5) is 14.9. The third-order valence-corrected chi connectivity index (χ3v) is 3.89. The highest BCUT2D eigenvalue weighted by Gasteiger charge is 2.20. The van der Waals surface area contributed by atoms with E-state index in [9.17, 15) is 0 Å². The average molecular weight is 314 g/mol. The van der Waals surface area contributed by atoms with E-state index in [1.54, 1.807) is 0 Å². The molecule has 1 aliphatic rings. The molecule has 0 unspecified atom stereocenters. The fraction of sp³-hybridized carbons (Fsp3) is 0.786. The van der Waals surface area contributed by atoms with E-state index < -0.39 is 0 Å². The number of hydrogen-bond acceptors (Lipinski definition) is 6. The number of nitrogens with one attached hydrogen (secondary N) is 1. The Labute approximate surface area is 131 Å². The van der Waals surface area contributed by atoms with Crippen LogP contribution in [0.25, 0.3) is 0 Å². The molecule has 21 heavy (non-hydrogen) atoms. The number of nitrogens with zero attached hydrogens (tertiary/aromatic N) is 4.